The summed E-state index contributed by atoms with van der Waals surface area (Å²) >= 11 is 0. The van der Waals surface area contributed by atoms with Crippen LogP contribution in [0.25, 0.3) is 11.1 Å². The van der Waals surface area contributed by atoms with E-state index in [2.05, 4.69) is 16.3 Å². The number of carbonyl (C=O) groups excluding carboxylic acids is 1. The average molecular weight is 750 g/mol. The molecule has 0 radical (unpaired) electrons. The summed E-state index contributed by atoms with van der Waals surface area (Å²) in [6, 6.07) is 16.0. The van der Waals surface area contributed by atoms with Gasteiger partial charge in [-0.25, -0.2) is 17.9 Å². The first-order valence-electron chi connectivity index (χ1n) is 18.0. The Morgan fingerprint density at radius 2 is 1.68 bits per heavy atom. The summed E-state index contributed by atoms with van der Waals surface area (Å²) in [6.07, 6.45) is 5.47. The van der Waals surface area contributed by atoms with Gasteiger partial charge in [-0.1, -0.05) is 24.3 Å². The minimum atomic E-state index is -4.45. The molecule has 1 aliphatic heterocycles. The SMILES string of the molecule is COc1cc(CCCN2CCOCC2)ccc1-c1ccc(C(=O)NS(=O)(=O)c2ccc(NCC34CCC(N(C)C(=O)O)(CC3)CC4)c([N+](=O)[O-])c2)cc1. The molecule has 0 unspecified atom stereocenters. The van der Waals surface area contributed by atoms with Crippen molar-refractivity contribution in [3.8, 4) is 16.9 Å². The number of sulfonamides is 1. The molecule has 3 aliphatic carbocycles. The summed E-state index contributed by atoms with van der Waals surface area (Å²) in [4.78, 5) is 39.5. The maximum atomic E-state index is 13.3. The molecule has 3 aromatic carbocycles. The highest BCUT2D eigenvalue weighted by Crippen LogP contribution is 2.54. The van der Waals surface area contributed by atoms with E-state index in [4.69, 9.17) is 9.47 Å². The lowest BCUT2D eigenvalue weighted by atomic mass is 9.57. The number of morpholine rings is 1. The number of anilines is 1. The largest absolute Gasteiger partial charge is 0.496 e. The highest BCUT2D eigenvalue weighted by atomic mass is 32.2. The van der Waals surface area contributed by atoms with E-state index in [0.29, 0.717) is 12.3 Å². The summed E-state index contributed by atoms with van der Waals surface area (Å²) in [6.45, 7) is 4.90. The first-order chi connectivity index (χ1) is 25.3. The van der Waals surface area contributed by atoms with E-state index in [-0.39, 0.29) is 22.2 Å². The maximum absolute atomic E-state index is 13.3. The molecule has 0 atom stereocenters. The fourth-order valence-corrected chi connectivity index (χ4v) is 8.97. The number of nitrogens with one attached hydrogen (secondary N) is 2. The molecule has 3 saturated carbocycles. The van der Waals surface area contributed by atoms with Crippen LogP contribution in [0.5, 0.6) is 5.75 Å². The molecule has 1 heterocycles. The zero-order chi connectivity index (χ0) is 37.8. The smallest absolute Gasteiger partial charge is 0.407 e. The lowest BCUT2D eigenvalue weighted by Gasteiger charge is -2.56. The second-order valence-electron chi connectivity index (χ2n) is 14.5. The summed E-state index contributed by atoms with van der Waals surface area (Å²) in [5, 5.41) is 24.8. The molecule has 14 nitrogen and oxygen atoms in total. The Morgan fingerprint density at radius 1 is 1.00 bits per heavy atom. The van der Waals surface area contributed by atoms with E-state index < -0.39 is 37.5 Å². The van der Waals surface area contributed by atoms with E-state index in [0.717, 1.165) is 107 Å². The number of hydrogen-bond acceptors (Lipinski definition) is 10. The number of nitrogens with zero attached hydrogens (tertiary/aromatic N) is 3. The lowest BCUT2D eigenvalue weighted by molar-refractivity contribution is -0.384. The standard InChI is InChI=1S/C38H47N5O9S/c1-41(36(45)46)38-16-13-37(14-17-38,15-18-38)26-39-32-12-10-30(25-33(32)43(47)48)53(49,50)40-35(44)29-8-6-28(7-9-29)31-11-5-27(24-34(31)51-2)4-3-19-42-20-22-52-23-21-42/h5-12,24-25,39H,3-4,13-23,26H2,1-2H3,(H,40,44)(H,45,46). The molecular formula is C38H47N5O9S. The van der Waals surface area contributed by atoms with Crippen molar-refractivity contribution in [2.75, 3.05) is 58.9 Å². The molecule has 0 aromatic heterocycles. The molecule has 284 valence electrons. The second kappa shape index (κ2) is 15.7. The van der Waals surface area contributed by atoms with Crippen LogP contribution in [0.2, 0.25) is 0 Å². The van der Waals surface area contributed by atoms with Crippen LogP contribution in [0, 0.1) is 15.5 Å². The third kappa shape index (κ3) is 8.42. The Labute approximate surface area is 309 Å². The van der Waals surface area contributed by atoms with Crippen LogP contribution >= 0.6 is 0 Å². The molecule has 53 heavy (non-hydrogen) atoms. The van der Waals surface area contributed by atoms with Gasteiger partial charge in [0, 0.05) is 49.4 Å². The summed E-state index contributed by atoms with van der Waals surface area (Å²) < 4.78 is 39.7. The molecule has 1 saturated heterocycles. The molecule has 2 amide bonds. The van der Waals surface area contributed by atoms with Gasteiger partial charge in [0.1, 0.15) is 11.4 Å². The van der Waals surface area contributed by atoms with Gasteiger partial charge in [0.25, 0.3) is 21.6 Å². The second-order valence-corrected chi connectivity index (χ2v) is 16.1. The Morgan fingerprint density at radius 3 is 2.30 bits per heavy atom. The van der Waals surface area contributed by atoms with Gasteiger partial charge in [-0.15, -0.1) is 0 Å². The van der Waals surface area contributed by atoms with Crippen molar-refractivity contribution < 1.29 is 37.5 Å². The van der Waals surface area contributed by atoms with Gasteiger partial charge in [-0.3, -0.25) is 19.8 Å². The van der Waals surface area contributed by atoms with Crippen LogP contribution in [-0.2, 0) is 21.2 Å². The quantitative estimate of drug-likeness (QED) is 0.135. The van der Waals surface area contributed by atoms with E-state index in [1.54, 1.807) is 26.3 Å². The number of ether oxygens (including phenoxy) is 2. The number of hydrogen-bond donors (Lipinski definition) is 3. The Balaban J connectivity index is 1.07. The van der Waals surface area contributed by atoms with Crippen LogP contribution in [0.1, 0.15) is 60.9 Å². The van der Waals surface area contributed by atoms with Crippen molar-refractivity contribution in [1.82, 2.24) is 14.5 Å². The number of carboxylic acid groups (broad SMARTS) is 1. The van der Waals surface area contributed by atoms with Gasteiger partial charge < -0.3 is 24.8 Å². The number of nitro groups is 1. The predicted molar refractivity (Wildman–Crippen MR) is 199 cm³/mol. The third-order valence-corrected chi connectivity index (χ3v) is 12.8. The lowest BCUT2D eigenvalue weighted by Crippen LogP contribution is -2.58. The zero-order valence-corrected chi connectivity index (χ0v) is 31.0. The monoisotopic (exact) mass is 749 g/mol. The number of nitro benzene ring substituents is 1. The first kappa shape index (κ1) is 38.0. The maximum Gasteiger partial charge on any atom is 0.407 e. The fraction of sp³-hybridized carbons (Fsp3) is 0.474. The normalized spacial score (nSPS) is 21.5. The molecule has 3 N–H and O–H groups in total. The molecular weight excluding hydrogens is 703 g/mol. The summed E-state index contributed by atoms with van der Waals surface area (Å²) in [7, 11) is -1.23. The number of fused-ring (bicyclic) bond motifs is 3. The van der Waals surface area contributed by atoms with Crippen LogP contribution < -0.4 is 14.8 Å². The van der Waals surface area contributed by atoms with Gasteiger partial charge in [-0.05, 0) is 105 Å². The van der Waals surface area contributed by atoms with E-state index in [1.807, 2.05) is 16.9 Å². The van der Waals surface area contributed by atoms with Crippen molar-refractivity contribution in [3.63, 3.8) is 0 Å². The van der Waals surface area contributed by atoms with E-state index in [9.17, 15) is 33.2 Å². The first-order valence-corrected chi connectivity index (χ1v) is 19.5. The molecule has 2 bridgehead atoms. The van der Waals surface area contributed by atoms with Crippen molar-refractivity contribution in [1.29, 1.82) is 0 Å². The van der Waals surface area contributed by atoms with Gasteiger partial charge in [-0.2, -0.15) is 0 Å². The van der Waals surface area contributed by atoms with Gasteiger partial charge in [0.2, 0.25) is 0 Å². The number of carbonyl (C=O) groups is 2. The van der Waals surface area contributed by atoms with Crippen LogP contribution in [0.15, 0.2) is 65.6 Å². The zero-order valence-electron chi connectivity index (χ0n) is 30.1. The van der Waals surface area contributed by atoms with Gasteiger partial charge >= 0.3 is 6.09 Å². The number of aryl methyl sites for hydroxylation is 1. The average Bonchev–Trinajstić information content (AvgIpc) is 3.17. The van der Waals surface area contributed by atoms with Gasteiger partial charge in [0.05, 0.1) is 30.1 Å². The van der Waals surface area contributed by atoms with E-state index in [1.165, 1.54) is 29.2 Å². The van der Waals surface area contributed by atoms with Crippen LogP contribution in [0.4, 0.5) is 16.2 Å². The molecule has 4 fully saturated rings. The molecule has 4 aliphatic rings. The highest BCUT2D eigenvalue weighted by Gasteiger charge is 2.51. The van der Waals surface area contributed by atoms with E-state index >= 15 is 0 Å². The number of rotatable bonds is 14. The predicted octanol–water partition coefficient (Wildman–Crippen LogP) is 5.77. The van der Waals surface area contributed by atoms with Crippen molar-refractivity contribution in [2.45, 2.75) is 61.8 Å². The fourth-order valence-electron chi connectivity index (χ4n) is 7.98. The van der Waals surface area contributed by atoms with Crippen molar-refractivity contribution in [2.24, 2.45) is 5.41 Å². The summed E-state index contributed by atoms with van der Waals surface area (Å²) in [5.41, 5.74) is 2.11. The van der Waals surface area contributed by atoms with Crippen LogP contribution in [0.3, 0.4) is 0 Å². The topological polar surface area (TPSA) is 181 Å². The Hall–Kier alpha value is -4.73. The third-order valence-electron chi connectivity index (χ3n) is 11.5. The Bertz CT molecular complexity index is 1920. The Kier molecular flexibility index (Phi) is 11.3. The molecule has 15 heteroatoms. The summed E-state index contributed by atoms with van der Waals surface area (Å²) in [5.74, 6) is -0.182. The number of benzene rings is 3. The minimum absolute atomic E-state index is 0.0987. The number of amides is 2. The van der Waals surface area contributed by atoms with Crippen LogP contribution in [-0.4, -0.2) is 99.3 Å². The van der Waals surface area contributed by atoms with Crippen molar-refractivity contribution in [3.05, 3.63) is 81.9 Å². The minimum Gasteiger partial charge on any atom is -0.496 e. The number of methoxy groups -OCH3 is 1. The van der Waals surface area contributed by atoms with Crippen molar-refractivity contribution >= 4 is 33.4 Å². The highest BCUT2D eigenvalue weighted by molar-refractivity contribution is 7.90. The molecule has 0 spiro atoms. The molecule has 3 aromatic rings. The molecule has 7 rings (SSSR count). The van der Waals surface area contributed by atoms with Gasteiger partial charge in [0.15, 0.2) is 0 Å².